The largest absolute Gasteiger partial charge is 0.496 e. The number of carbonyl (C=O) groups excluding carboxylic acids is 1. The van der Waals surface area contributed by atoms with Gasteiger partial charge in [-0.2, -0.15) is 5.26 Å². The molecule has 0 aromatic heterocycles. The molecule has 1 atom stereocenters. The van der Waals surface area contributed by atoms with Gasteiger partial charge < -0.3 is 4.74 Å². The van der Waals surface area contributed by atoms with Crippen LogP contribution in [0.5, 0.6) is 5.75 Å². The average molecular weight is 292 g/mol. The van der Waals surface area contributed by atoms with Crippen molar-refractivity contribution in [2.45, 2.75) is 38.0 Å². The molecule has 0 radical (unpaired) electrons. The van der Waals surface area contributed by atoms with Crippen LogP contribution >= 0.6 is 11.6 Å². The molecule has 0 saturated heterocycles. The molecule has 1 aromatic rings. The van der Waals surface area contributed by atoms with E-state index in [1.54, 1.807) is 18.2 Å². The number of rotatable bonds is 4. The van der Waals surface area contributed by atoms with Crippen LogP contribution < -0.4 is 4.74 Å². The van der Waals surface area contributed by atoms with Gasteiger partial charge in [-0.1, -0.05) is 30.9 Å². The molecule has 0 amide bonds. The molecule has 0 aliphatic heterocycles. The zero-order chi connectivity index (χ0) is 14.5. The summed E-state index contributed by atoms with van der Waals surface area (Å²) in [5.41, 5.74) is 0.582. The number of Topliss-reactive ketones (excluding diaryl/α,β-unsaturated/α-hetero) is 1. The molecule has 20 heavy (non-hydrogen) atoms. The average Bonchev–Trinajstić information content (AvgIpc) is 2.49. The Balaban J connectivity index is 2.30. The molecule has 1 aliphatic carbocycles. The molecule has 1 saturated carbocycles. The Bertz CT molecular complexity index is 530. The normalized spacial score (nSPS) is 17.2. The maximum Gasteiger partial charge on any atom is 0.157 e. The lowest BCUT2D eigenvalue weighted by molar-refractivity contribution is -0.124. The van der Waals surface area contributed by atoms with Gasteiger partial charge in [0.1, 0.15) is 11.7 Å². The molecule has 0 N–H and O–H groups in total. The van der Waals surface area contributed by atoms with Crippen molar-refractivity contribution < 1.29 is 9.53 Å². The van der Waals surface area contributed by atoms with Crippen molar-refractivity contribution in [1.82, 2.24) is 0 Å². The van der Waals surface area contributed by atoms with Crippen LogP contribution in [0.25, 0.3) is 0 Å². The minimum absolute atomic E-state index is 0.00270. The van der Waals surface area contributed by atoms with Crippen molar-refractivity contribution in [3.63, 3.8) is 0 Å². The van der Waals surface area contributed by atoms with Crippen molar-refractivity contribution in [2.24, 2.45) is 5.92 Å². The van der Waals surface area contributed by atoms with Gasteiger partial charge in [0.15, 0.2) is 5.78 Å². The first-order chi connectivity index (χ1) is 9.67. The molecule has 0 spiro atoms. The molecule has 1 unspecified atom stereocenters. The van der Waals surface area contributed by atoms with Crippen LogP contribution in [0.4, 0.5) is 0 Å². The molecule has 2 rings (SSSR count). The topological polar surface area (TPSA) is 50.1 Å². The summed E-state index contributed by atoms with van der Waals surface area (Å²) < 4.78 is 5.26. The highest BCUT2D eigenvalue weighted by molar-refractivity contribution is 6.30. The van der Waals surface area contributed by atoms with E-state index in [-0.39, 0.29) is 11.7 Å². The summed E-state index contributed by atoms with van der Waals surface area (Å²) in [6.07, 6.45) is 5.10. The Hall–Kier alpha value is -1.53. The molecular formula is C16H18ClNO2. The Morgan fingerprint density at radius 3 is 2.70 bits per heavy atom. The second-order valence-electron chi connectivity index (χ2n) is 5.19. The Labute approximate surface area is 124 Å². The molecule has 3 nitrogen and oxygen atoms in total. The Kier molecular flexibility index (Phi) is 5.03. The van der Waals surface area contributed by atoms with Gasteiger partial charge >= 0.3 is 0 Å². The third kappa shape index (κ3) is 3.13. The van der Waals surface area contributed by atoms with Crippen LogP contribution in [-0.2, 0) is 4.79 Å². The quantitative estimate of drug-likeness (QED) is 0.839. The summed E-state index contributed by atoms with van der Waals surface area (Å²) in [4.78, 5) is 12.6. The van der Waals surface area contributed by atoms with Gasteiger partial charge in [0, 0.05) is 16.5 Å². The standard InChI is InChI=1S/C16H18ClNO2/c1-20-15-8-7-12(17)9-13(15)14(10-18)16(19)11-5-3-2-4-6-11/h7-9,11,14H,2-6H2,1H3. The zero-order valence-corrected chi connectivity index (χ0v) is 12.3. The summed E-state index contributed by atoms with van der Waals surface area (Å²) in [7, 11) is 1.53. The van der Waals surface area contributed by atoms with Crippen molar-refractivity contribution in [3.8, 4) is 11.8 Å². The van der Waals surface area contributed by atoms with Gasteiger partial charge in [-0.25, -0.2) is 0 Å². The number of hydrogen-bond donors (Lipinski definition) is 0. The summed E-state index contributed by atoms with van der Waals surface area (Å²) in [6, 6.07) is 7.19. The fourth-order valence-electron chi connectivity index (χ4n) is 2.84. The van der Waals surface area contributed by atoms with Crippen LogP contribution in [0.1, 0.15) is 43.6 Å². The lowest BCUT2D eigenvalue weighted by Crippen LogP contribution is -2.23. The minimum Gasteiger partial charge on any atom is -0.496 e. The van der Waals surface area contributed by atoms with Crippen LogP contribution in [0.2, 0.25) is 5.02 Å². The molecule has 1 fully saturated rings. The SMILES string of the molecule is COc1ccc(Cl)cc1C(C#N)C(=O)C1CCCCC1. The van der Waals surface area contributed by atoms with Crippen LogP contribution in [0.15, 0.2) is 18.2 Å². The number of nitrogens with zero attached hydrogens (tertiary/aromatic N) is 1. The van der Waals surface area contributed by atoms with E-state index in [1.807, 2.05) is 0 Å². The van der Waals surface area contributed by atoms with Crippen LogP contribution in [0.3, 0.4) is 0 Å². The monoisotopic (exact) mass is 291 g/mol. The number of benzene rings is 1. The van der Waals surface area contributed by atoms with Gasteiger partial charge in [-0.15, -0.1) is 0 Å². The van der Waals surface area contributed by atoms with E-state index < -0.39 is 5.92 Å². The predicted octanol–water partition coefficient (Wildman–Crippen LogP) is 4.11. The predicted molar refractivity (Wildman–Crippen MR) is 77.9 cm³/mol. The zero-order valence-electron chi connectivity index (χ0n) is 11.6. The lowest BCUT2D eigenvalue weighted by atomic mass is 9.80. The number of ether oxygens (including phenoxy) is 1. The van der Waals surface area contributed by atoms with Crippen molar-refractivity contribution in [3.05, 3.63) is 28.8 Å². The third-order valence-corrected chi connectivity index (χ3v) is 4.16. The number of nitriles is 1. The number of halogens is 1. The van der Waals surface area contributed by atoms with Crippen molar-refractivity contribution in [1.29, 1.82) is 5.26 Å². The van der Waals surface area contributed by atoms with E-state index in [2.05, 4.69) is 6.07 Å². The van der Waals surface area contributed by atoms with E-state index in [0.717, 1.165) is 25.7 Å². The first-order valence-electron chi connectivity index (χ1n) is 6.94. The first-order valence-corrected chi connectivity index (χ1v) is 7.32. The van der Waals surface area contributed by atoms with Crippen molar-refractivity contribution >= 4 is 17.4 Å². The van der Waals surface area contributed by atoms with Gasteiger partial charge in [0.05, 0.1) is 13.2 Å². The smallest absolute Gasteiger partial charge is 0.157 e. The first kappa shape index (κ1) is 14.9. The second kappa shape index (κ2) is 6.76. The van der Waals surface area contributed by atoms with E-state index in [4.69, 9.17) is 16.3 Å². The molecule has 1 aromatic carbocycles. The Morgan fingerprint density at radius 2 is 2.10 bits per heavy atom. The van der Waals surface area contributed by atoms with Crippen LogP contribution in [-0.4, -0.2) is 12.9 Å². The third-order valence-electron chi connectivity index (χ3n) is 3.92. The molecule has 1 aliphatic rings. The van der Waals surface area contributed by atoms with Gasteiger partial charge in [-0.05, 0) is 31.0 Å². The van der Waals surface area contributed by atoms with Gasteiger partial charge in [-0.3, -0.25) is 4.79 Å². The highest BCUT2D eigenvalue weighted by Gasteiger charge is 2.31. The van der Waals surface area contributed by atoms with E-state index in [1.165, 1.54) is 13.5 Å². The number of ketones is 1. The highest BCUT2D eigenvalue weighted by atomic mass is 35.5. The second-order valence-corrected chi connectivity index (χ2v) is 5.62. The number of carbonyl (C=O) groups is 1. The van der Waals surface area contributed by atoms with E-state index >= 15 is 0 Å². The highest BCUT2D eigenvalue weighted by Crippen LogP contribution is 2.35. The molecular weight excluding hydrogens is 274 g/mol. The van der Waals surface area contributed by atoms with Crippen molar-refractivity contribution in [2.75, 3.05) is 7.11 Å². The number of methoxy groups -OCH3 is 1. The minimum atomic E-state index is -0.785. The molecule has 106 valence electrons. The van der Waals surface area contributed by atoms with Gasteiger partial charge in [0.25, 0.3) is 0 Å². The molecule has 0 heterocycles. The summed E-state index contributed by atoms with van der Waals surface area (Å²) >= 11 is 5.99. The Morgan fingerprint density at radius 1 is 1.40 bits per heavy atom. The summed E-state index contributed by atoms with van der Waals surface area (Å²) in [5.74, 6) is -0.235. The van der Waals surface area contributed by atoms with E-state index in [9.17, 15) is 10.1 Å². The maximum atomic E-state index is 12.6. The van der Waals surface area contributed by atoms with Crippen LogP contribution in [0, 0.1) is 17.2 Å². The summed E-state index contributed by atoms with van der Waals surface area (Å²) in [6.45, 7) is 0. The fourth-order valence-corrected chi connectivity index (χ4v) is 3.02. The molecule has 4 heteroatoms. The van der Waals surface area contributed by atoms with E-state index in [0.29, 0.717) is 16.3 Å². The fraction of sp³-hybridized carbons (Fsp3) is 0.500. The van der Waals surface area contributed by atoms with Gasteiger partial charge in [0.2, 0.25) is 0 Å². The number of hydrogen-bond acceptors (Lipinski definition) is 3. The summed E-state index contributed by atoms with van der Waals surface area (Å²) in [5, 5.41) is 9.93. The lowest BCUT2D eigenvalue weighted by Gasteiger charge is -2.23. The maximum absolute atomic E-state index is 12.6. The molecule has 0 bridgehead atoms.